The molecule has 1 heterocycles. The van der Waals surface area contributed by atoms with E-state index in [0.717, 1.165) is 24.3 Å². The molecule has 0 aliphatic rings. The van der Waals surface area contributed by atoms with Crippen molar-refractivity contribution in [3.05, 3.63) is 52.1 Å². The van der Waals surface area contributed by atoms with Crippen LogP contribution in [0.4, 0.5) is 4.39 Å². The fraction of sp³-hybridized carbons (Fsp3) is 0.357. The fourth-order valence-electron chi connectivity index (χ4n) is 1.90. The molecule has 19 heavy (non-hydrogen) atoms. The van der Waals surface area contributed by atoms with Crippen molar-refractivity contribution in [2.75, 3.05) is 6.54 Å². The van der Waals surface area contributed by atoms with Gasteiger partial charge < -0.3 is 5.32 Å². The summed E-state index contributed by atoms with van der Waals surface area (Å²) in [5, 5.41) is 8.06. The minimum atomic E-state index is -0.297. The van der Waals surface area contributed by atoms with E-state index < -0.39 is 0 Å². The fourth-order valence-corrected chi connectivity index (χ4v) is 2.06. The van der Waals surface area contributed by atoms with Gasteiger partial charge in [-0.25, -0.2) is 4.39 Å². The van der Waals surface area contributed by atoms with Crippen molar-refractivity contribution in [3.8, 4) is 0 Å². The molecule has 0 saturated carbocycles. The van der Waals surface area contributed by atoms with E-state index in [9.17, 15) is 4.39 Å². The van der Waals surface area contributed by atoms with Gasteiger partial charge >= 0.3 is 0 Å². The highest BCUT2D eigenvalue weighted by atomic mass is 35.5. The van der Waals surface area contributed by atoms with Crippen molar-refractivity contribution in [2.45, 2.75) is 26.9 Å². The molecule has 2 aromatic rings. The SMILES string of the molecule is CCNCc1cn(Cc2ccc(Cl)cc2F)nc1C. The van der Waals surface area contributed by atoms with E-state index in [1.807, 2.05) is 13.1 Å². The molecule has 3 nitrogen and oxygen atoms in total. The number of halogens is 2. The molecule has 0 saturated heterocycles. The van der Waals surface area contributed by atoms with Crippen LogP contribution in [0.5, 0.6) is 0 Å². The molecule has 0 unspecified atom stereocenters. The van der Waals surface area contributed by atoms with Gasteiger partial charge in [0.1, 0.15) is 5.82 Å². The highest BCUT2D eigenvalue weighted by Crippen LogP contribution is 2.16. The summed E-state index contributed by atoms with van der Waals surface area (Å²) in [4.78, 5) is 0. The first-order chi connectivity index (χ1) is 9.10. The van der Waals surface area contributed by atoms with Crippen LogP contribution in [-0.4, -0.2) is 16.3 Å². The van der Waals surface area contributed by atoms with Gasteiger partial charge in [-0.2, -0.15) is 5.10 Å². The van der Waals surface area contributed by atoms with E-state index in [0.29, 0.717) is 17.1 Å². The smallest absolute Gasteiger partial charge is 0.129 e. The molecular weight excluding hydrogens is 265 g/mol. The predicted molar refractivity (Wildman–Crippen MR) is 74.9 cm³/mol. The summed E-state index contributed by atoms with van der Waals surface area (Å²) in [5.74, 6) is -0.297. The first-order valence-electron chi connectivity index (χ1n) is 6.27. The van der Waals surface area contributed by atoms with Crippen LogP contribution < -0.4 is 5.32 Å². The summed E-state index contributed by atoms with van der Waals surface area (Å²) in [6.07, 6.45) is 1.95. The van der Waals surface area contributed by atoms with Gasteiger partial charge in [0.25, 0.3) is 0 Å². The van der Waals surface area contributed by atoms with Gasteiger partial charge in [0, 0.05) is 28.9 Å². The maximum absolute atomic E-state index is 13.7. The van der Waals surface area contributed by atoms with E-state index in [4.69, 9.17) is 11.6 Å². The monoisotopic (exact) mass is 281 g/mol. The molecule has 102 valence electrons. The van der Waals surface area contributed by atoms with Crippen molar-refractivity contribution >= 4 is 11.6 Å². The summed E-state index contributed by atoms with van der Waals surface area (Å²) in [5.41, 5.74) is 2.69. The first-order valence-corrected chi connectivity index (χ1v) is 6.65. The van der Waals surface area contributed by atoms with Crippen LogP contribution >= 0.6 is 11.6 Å². The second-order valence-electron chi connectivity index (χ2n) is 4.45. The molecule has 1 aromatic heterocycles. The third-order valence-corrected chi connectivity index (χ3v) is 3.20. The summed E-state index contributed by atoms with van der Waals surface area (Å²) in [6.45, 7) is 6.13. The van der Waals surface area contributed by atoms with Crippen LogP contribution in [-0.2, 0) is 13.1 Å². The Bertz CT molecular complexity index is 566. The average molecular weight is 282 g/mol. The van der Waals surface area contributed by atoms with Crippen LogP contribution in [0.3, 0.4) is 0 Å². The van der Waals surface area contributed by atoms with Gasteiger partial charge in [-0.1, -0.05) is 24.6 Å². The number of benzene rings is 1. The maximum Gasteiger partial charge on any atom is 0.129 e. The van der Waals surface area contributed by atoms with Crippen molar-refractivity contribution in [1.82, 2.24) is 15.1 Å². The van der Waals surface area contributed by atoms with Gasteiger partial charge in [-0.15, -0.1) is 0 Å². The summed E-state index contributed by atoms with van der Waals surface area (Å²) in [7, 11) is 0. The number of nitrogens with zero attached hydrogens (tertiary/aromatic N) is 2. The van der Waals surface area contributed by atoms with Gasteiger partial charge in [-0.05, 0) is 25.6 Å². The Kier molecular flexibility index (Phi) is 4.56. The zero-order chi connectivity index (χ0) is 13.8. The standard InChI is InChI=1S/C14H17ClFN3/c1-3-17-7-12-9-19(18-10(12)2)8-11-4-5-13(15)6-14(11)16/h4-6,9,17H,3,7-8H2,1-2H3. The van der Waals surface area contributed by atoms with E-state index in [1.165, 1.54) is 6.07 Å². The molecule has 0 atom stereocenters. The highest BCUT2D eigenvalue weighted by Gasteiger charge is 2.08. The Morgan fingerprint density at radius 2 is 2.16 bits per heavy atom. The predicted octanol–water partition coefficient (Wildman–Crippen LogP) is 3.14. The molecule has 0 spiro atoms. The molecule has 0 radical (unpaired) electrons. The Morgan fingerprint density at radius 1 is 1.37 bits per heavy atom. The largest absolute Gasteiger partial charge is 0.313 e. The second-order valence-corrected chi connectivity index (χ2v) is 4.89. The summed E-state index contributed by atoms with van der Waals surface area (Å²) >= 11 is 5.74. The van der Waals surface area contributed by atoms with Crippen LogP contribution in [0, 0.1) is 12.7 Å². The van der Waals surface area contributed by atoms with Crippen molar-refractivity contribution in [1.29, 1.82) is 0 Å². The lowest BCUT2D eigenvalue weighted by molar-refractivity contribution is 0.584. The minimum Gasteiger partial charge on any atom is -0.313 e. The Labute approximate surface area is 117 Å². The van der Waals surface area contributed by atoms with Crippen LogP contribution in [0.2, 0.25) is 5.02 Å². The van der Waals surface area contributed by atoms with E-state index in [2.05, 4.69) is 17.3 Å². The zero-order valence-electron chi connectivity index (χ0n) is 11.1. The summed E-state index contributed by atoms with van der Waals surface area (Å²) in [6, 6.07) is 4.71. The minimum absolute atomic E-state index is 0.297. The molecular formula is C14H17ClFN3. The average Bonchev–Trinajstić information content (AvgIpc) is 2.71. The lowest BCUT2D eigenvalue weighted by atomic mass is 10.2. The number of hydrogen-bond acceptors (Lipinski definition) is 2. The molecule has 0 aliphatic heterocycles. The molecule has 0 amide bonds. The third kappa shape index (κ3) is 3.55. The van der Waals surface area contributed by atoms with Gasteiger partial charge in [0.05, 0.1) is 12.2 Å². The lowest BCUT2D eigenvalue weighted by Gasteiger charge is -2.04. The maximum atomic E-state index is 13.7. The lowest BCUT2D eigenvalue weighted by Crippen LogP contribution is -2.11. The number of hydrogen-bond donors (Lipinski definition) is 1. The molecule has 0 bridgehead atoms. The highest BCUT2D eigenvalue weighted by molar-refractivity contribution is 6.30. The van der Waals surface area contributed by atoms with Crippen LogP contribution in [0.25, 0.3) is 0 Å². The zero-order valence-corrected chi connectivity index (χ0v) is 11.8. The Hall–Kier alpha value is -1.39. The molecule has 1 aromatic carbocycles. The van der Waals surface area contributed by atoms with Crippen LogP contribution in [0.1, 0.15) is 23.7 Å². The second kappa shape index (κ2) is 6.17. The molecule has 0 fully saturated rings. The Balaban J connectivity index is 2.14. The molecule has 5 heteroatoms. The number of rotatable bonds is 5. The van der Waals surface area contributed by atoms with E-state index in [-0.39, 0.29) is 5.82 Å². The Morgan fingerprint density at radius 3 is 2.84 bits per heavy atom. The van der Waals surface area contributed by atoms with Crippen molar-refractivity contribution in [2.24, 2.45) is 0 Å². The molecule has 0 aliphatic carbocycles. The molecule has 1 N–H and O–H groups in total. The first kappa shape index (κ1) is 14.0. The topological polar surface area (TPSA) is 29.9 Å². The van der Waals surface area contributed by atoms with Crippen molar-refractivity contribution < 1.29 is 4.39 Å². The van der Waals surface area contributed by atoms with Gasteiger partial charge in [0.15, 0.2) is 0 Å². The van der Waals surface area contributed by atoms with Gasteiger partial charge in [0.2, 0.25) is 0 Å². The van der Waals surface area contributed by atoms with Crippen molar-refractivity contribution in [3.63, 3.8) is 0 Å². The van der Waals surface area contributed by atoms with Gasteiger partial charge in [-0.3, -0.25) is 4.68 Å². The third-order valence-electron chi connectivity index (χ3n) is 2.96. The molecule has 2 rings (SSSR count). The van der Waals surface area contributed by atoms with Crippen LogP contribution in [0.15, 0.2) is 24.4 Å². The summed E-state index contributed by atoms with van der Waals surface area (Å²) < 4.78 is 15.5. The number of nitrogens with one attached hydrogen (secondary N) is 1. The number of aryl methyl sites for hydroxylation is 1. The van der Waals surface area contributed by atoms with E-state index >= 15 is 0 Å². The van der Waals surface area contributed by atoms with E-state index in [1.54, 1.807) is 16.8 Å². The quantitative estimate of drug-likeness (QED) is 0.912. The normalized spacial score (nSPS) is 10.9. The number of aromatic nitrogens is 2.